The molecule has 0 unspecified atom stereocenters. The van der Waals surface area contributed by atoms with Gasteiger partial charge in [0.1, 0.15) is 0 Å². The van der Waals surface area contributed by atoms with E-state index >= 15 is 0 Å². The van der Waals surface area contributed by atoms with Gasteiger partial charge in [0.25, 0.3) is 0 Å². The van der Waals surface area contributed by atoms with Crippen LogP contribution in [0, 0.1) is 0 Å². The van der Waals surface area contributed by atoms with Gasteiger partial charge in [-0.25, -0.2) is 0 Å². The third-order valence-electron chi connectivity index (χ3n) is 0. The molecule has 5 heteroatoms. The van der Waals surface area contributed by atoms with E-state index in [0.29, 0.717) is 0 Å². The van der Waals surface area contributed by atoms with Gasteiger partial charge in [-0.3, -0.25) is 0 Å². The van der Waals surface area contributed by atoms with Crippen molar-refractivity contribution in [2.24, 2.45) is 0 Å². The average molecular weight is 207 g/mol. The van der Waals surface area contributed by atoms with Crippen molar-refractivity contribution in [1.82, 2.24) is 0 Å². The maximum absolute atomic E-state index is 8.36. The Labute approximate surface area is 93.4 Å². The topological polar surface area (TPSA) is 37.3 Å². The van der Waals surface area contributed by atoms with Gasteiger partial charge in [-0.2, -0.15) is 0 Å². The van der Waals surface area contributed by atoms with Crippen LogP contribution in [0.5, 0.6) is 0 Å². The molecule has 0 bridgehead atoms. The van der Waals surface area contributed by atoms with Gasteiger partial charge < -0.3 is 0 Å². The van der Waals surface area contributed by atoms with Crippen molar-refractivity contribution in [3.63, 3.8) is 0 Å². The third-order valence-corrected chi connectivity index (χ3v) is 0. The quantitative estimate of drug-likeness (QED) is 0.441. The number of rotatable bonds is 0. The molecule has 22 valence electrons. The van der Waals surface area contributed by atoms with Gasteiger partial charge in [-0.05, 0) is 0 Å². The van der Waals surface area contributed by atoms with Gasteiger partial charge in [0.05, 0.1) is 0 Å². The molecule has 0 saturated carbocycles. The summed E-state index contributed by atoms with van der Waals surface area (Å²) < 4.78 is 8.36. The SMILES string of the molecule is O=BO.[BaH2].[NaH]. The minimum absolute atomic E-state index is 0. The van der Waals surface area contributed by atoms with Gasteiger partial charge >= 0.3 is 95.5 Å². The Morgan fingerprint density at radius 1 is 1.60 bits per heavy atom. The van der Waals surface area contributed by atoms with E-state index in [1.165, 1.54) is 0 Å². The maximum atomic E-state index is 8.36. The van der Waals surface area contributed by atoms with Crippen LogP contribution in [0.2, 0.25) is 0 Å². The predicted molar refractivity (Wildman–Crippen MR) is 24.4 cm³/mol. The van der Waals surface area contributed by atoms with E-state index in [1.807, 2.05) is 0 Å². The molecule has 0 fully saturated rings. The van der Waals surface area contributed by atoms with Crippen LogP contribution in [0.1, 0.15) is 0 Å². The molecule has 0 saturated heterocycles. The van der Waals surface area contributed by atoms with Crippen LogP contribution < -0.4 is 0 Å². The Kier molecular flexibility index (Phi) is 51.2. The average Bonchev–Trinajstić information content (AvgIpc) is 0.918. The van der Waals surface area contributed by atoms with Gasteiger partial charge in [-0.1, -0.05) is 0 Å². The first-order valence-corrected chi connectivity index (χ1v) is 0.494. The molecule has 0 aromatic heterocycles. The molecule has 0 aliphatic heterocycles. The molecular weight excluding hydrogens is 203 g/mol. The molecule has 0 radical (unpaired) electrons. The zero-order chi connectivity index (χ0) is 2.71. The number of hydrogen-bond acceptors (Lipinski definition) is 1. The molecule has 0 heterocycles. The fourth-order valence-electron chi connectivity index (χ4n) is 0. The van der Waals surface area contributed by atoms with Crippen LogP contribution in [-0.2, 0) is 4.70 Å². The predicted octanol–water partition coefficient (Wildman–Crippen LogP) is -2.62. The summed E-state index contributed by atoms with van der Waals surface area (Å²) in [5.41, 5.74) is 0. The fourth-order valence-corrected chi connectivity index (χ4v) is 0. The summed E-state index contributed by atoms with van der Waals surface area (Å²) in [6, 6.07) is 0. The van der Waals surface area contributed by atoms with E-state index in [9.17, 15) is 0 Å². The van der Waals surface area contributed by atoms with E-state index in [2.05, 4.69) is 0 Å². The molecule has 0 aliphatic carbocycles. The van der Waals surface area contributed by atoms with E-state index in [-0.39, 0.29) is 85.8 Å². The summed E-state index contributed by atoms with van der Waals surface area (Å²) in [5, 5.41) is 6.89. The van der Waals surface area contributed by atoms with Crippen molar-refractivity contribution in [2.75, 3.05) is 0 Å². The fraction of sp³-hybridized carbons (Fsp3) is 0. The van der Waals surface area contributed by atoms with E-state index in [1.54, 1.807) is 0 Å². The standard InChI is InChI=1S/BHO2.Ba.Na.3H/c2-1-3;;;;;/h2H;;;;;. The Bertz CT molecular complexity index is 17.1. The van der Waals surface area contributed by atoms with Crippen molar-refractivity contribution in [3.05, 3.63) is 0 Å². The zero-order valence-electron chi connectivity index (χ0n) is 1.43. The molecule has 0 aromatic carbocycles. The second-order valence-corrected chi connectivity index (χ2v) is 0.105. The van der Waals surface area contributed by atoms with Crippen LogP contribution in [-0.4, -0.2) is 90.8 Å². The Morgan fingerprint density at radius 3 is 1.60 bits per heavy atom. The van der Waals surface area contributed by atoms with Gasteiger partial charge in [0, 0.05) is 0 Å². The summed E-state index contributed by atoms with van der Waals surface area (Å²) in [5.74, 6) is 0. The second kappa shape index (κ2) is 16.3. The van der Waals surface area contributed by atoms with E-state index < -0.39 is 0 Å². The first-order chi connectivity index (χ1) is 1.41. The summed E-state index contributed by atoms with van der Waals surface area (Å²) >= 11 is 0. The molecule has 0 rings (SSSR count). The minimum atomic E-state index is -0.250. The summed E-state index contributed by atoms with van der Waals surface area (Å²) in [6.07, 6.45) is 0. The molecule has 0 spiro atoms. The summed E-state index contributed by atoms with van der Waals surface area (Å²) in [7, 11) is -0.250. The molecule has 5 heavy (non-hydrogen) atoms. The molecule has 0 atom stereocenters. The molecule has 1 N–H and O–H groups in total. The van der Waals surface area contributed by atoms with Crippen LogP contribution in [0.4, 0.5) is 0 Å². The number of hydrogen-bond donors (Lipinski definition) is 1. The first kappa shape index (κ1) is 15.7. The Balaban J connectivity index is -0.0000000200. The van der Waals surface area contributed by atoms with Crippen LogP contribution in [0.25, 0.3) is 0 Å². The van der Waals surface area contributed by atoms with E-state index in [4.69, 9.17) is 9.73 Å². The van der Waals surface area contributed by atoms with E-state index in [0.717, 1.165) is 0 Å². The van der Waals surface area contributed by atoms with Crippen molar-refractivity contribution in [2.45, 2.75) is 0 Å². The van der Waals surface area contributed by atoms with Crippen LogP contribution in [0.3, 0.4) is 0 Å². The van der Waals surface area contributed by atoms with Crippen molar-refractivity contribution < 1.29 is 9.73 Å². The van der Waals surface area contributed by atoms with Gasteiger partial charge in [0.2, 0.25) is 0 Å². The Morgan fingerprint density at radius 2 is 1.60 bits per heavy atom. The normalized spacial score (nSPS) is 1.60. The monoisotopic (exact) mass is 208 g/mol. The molecule has 0 aliphatic rings. The second-order valence-electron chi connectivity index (χ2n) is 0.105. The molecule has 2 nitrogen and oxygen atoms in total. The van der Waals surface area contributed by atoms with Crippen molar-refractivity contribution in [1.29, 1.82) is 0 Å². The third kappa shape index (κ3) is 22.4. The molecule has 0 aromatic rings. The van der Waals surface area contributed by atoms with Crippen molar-refractivity contribution in [3.8, 4) is 0 Å². The molecule has 0 amide bonds. The zero-order valence-corrected chi connectivity index (χ0v) is 1.43. The Hall–Kier alpha value is 2.24. The van der Waals surface area contributed by atoms with Crippen LogP contribution >= 0.6 is 0 Å². The summed E-state index contributed by atoms with van der Waals surface area (Å²) in [4.78, 5) is 0. The van der Waals surface area contributed by atoms with Gasteiger partial charge in [-0.15, -0.1) is 0 Å². The molecular formula is H4BBaNaO2. The van der Waals surface area contributed by atoms with Crippen molar-refractivity contribution >= 4 is 85.8 Å². The van der Waals surface area contributed by atoms with Crippen LogP contribution in [0.15, 0.2) is 0 Å². The van der Waals surface area contributed by atoms with Gasteiger partial charge in [0.15, 0.2) is 0 Å². The summed E-state index contributed by atoms with van der Waals surface area (Å²) in [6.45, 7) is 0. The first-order valence-electron chi connectivity index (χ1n) is 0.494.